The molecule has 0 saturated carbocycles. The number of sulfonamides is 1. The number of methoxy groups -OCH3 is 1. The van der Waals surface area contributed by atoms with E-state index in [4.69, 9.17) is 10.00 Å². The van der Waals surface area contributed by atoms with Gasteiger partial charge in [0, 0.05) is 12.1 Å². The Hall–Kier alpha value is -4.00. The van der Waals surface area contributed by atoms with Crippen LogP contribution in [0.3, 0.4) is 0 Å². The van der Waals surface area contributed by atoms with Gasteiger partial charge in [-0.1, -0.05) is 36.4 Å². The van der Waals surface area contributed by atoms with Crippen LogP contribution in [0.25, 0.3) is 0 Å². The summed E-state index contributed by atoms with van der Waals surface area (Å²) in [7, 11) is -2.62. The smallest absolute Gasteiger partial charge is 0.339 e. The number of carbonyl (C=O) groups excluding carboxylic acids is 2. The van der Waals surface area contributed by atoms with Crippen molar-refractivity contribution in [3.8, 4) is 6.07 Å². The molecule has 9 heteroatoms. The van der Waals surface area contributed by atoms with Gasteiger partial charge in [-0.05, 0) is 42.0 Å². The lowest BCUT2D eigenvalue weighted by Gasteiger charge is -2.11. The fourth-order valence-corrected chi connectivity index (χ4v) is 4.07. The maximum absolute atomic E-state index is 12.6. The summed E-state index contributed by atoms with van der Waals surface area (Å²) in [4.78, 5) is 24.3. The Kier molecular flexibility index (Phi) is 7.00. The summed E-state index contributed by atoms with van der Waals surface area (Å²) < 4.78 is 32.2. The van der Waals surface area contributed by atoms with Gasteiger partial charge in [0.1, 0.15) is 6.07 Å². The summed E-state index contributed by atoms with van der Waals surface area (Å²) in [6, 6.07) is 20.6. The standard InChI is InChI=1S/C23H19N3O5S/c1-31-23(28)19-7-3-4-8-20(19)26-22(27)17-12-10-16(11-13-17)15-25-32(29,30)21-9-5-2-6-18(21)14-24/h2-13,25H,15H2,1H3,(H,26,27). The van der Waals surface area contributed by atoms with E-state index in [0.29, 0.717) is 16.8 Å². The number of rotatable bonds is 7. The molecule has 3 aromatic carbocycles. The first-order valence-corrected chi connectivity index (χ1v) is 10.9. The number of nitrogens with zero attached hydrogens (tertiary/aromatic N) is 1. The number of nitrogens with one attached hydrogen (secondary N) is 2. The molecule has 0 radical (unpaired) electrons. The number of anilines is 1. The number of benzene rings is 3. The van der Waals surface area contributed by atoms with Gasteiger partial charge >= 0.3 is 5.97 Å². The van der Waals surface area contributed by atoms with Crippen LogP contribution in [0.4, 0.5) is 5.69 Å². The second-order valence-electron chi connectivity index (χ2n) is 6.62. The van der Waals surface area contributed by atoms with Crippen molar-refractivity contribution in [2.75, 3.05) is 12.4 Å². The number of ether oxygens (including phenoxy) is 1. The second kappa shape index (κ2) is 9.87. The topological polar surface area (TPSA) is 125 Å². The lowest BCUT2D eigenvalue weighted by molar-refractivity contribution is 0.0602. The van der Waals surface area contributed by atoms with Crippen molar-refractivity contribution in [3.05, 3.63) is 95.1 Å². The molecular formula is C23H19N3O5S. The Balaban J connectivity index is 1.69. The summed E-state index contributed by atoms with van der Waals surface area (Å²) in [5, 5.41) is 11.8. The number of para-hydroxylation sites is 1. The van der Waals surface area contributed by atoms with E-state index >= 15 is 0 Å². The Morgan fingerprint density at radius 1 is 0.969 bits per heavy atom. The minimum atomic E-state index is -3.88. The highest BCUT2D eigenvalue weighted by atomic mass is 32.2. The SMILES string of the molecule is COC(=O)c1ccccc1NC(=O)c1ccc(CNS(=O)(=O)c2ccccc2C#N)cc1. The van der Waals surface area contributed by atoms with E-state index in [-0.39, 0.29) is 22.6 Å². The van der Waals surface area contributed by atoms with Gasteiger partial charge in [0.15, 0.2) is 0 Å². The van der Waals surface area contributed by atoms with Gasteiger partial charge in [0.05, 0.1) is 28.8 Å². The van der Waals surface area contributed by atoms with E-state index in [2.05, 4.69) is 10.0 Å². The molecule has 162 valence electrons. The average Bonchev–Trinajstić information content (AvgIpc) is 2.83. The lowest BCUT2D eigenvalue weighted by Crippen LogP contribution is -2.24. The van der Waals surface area contributed by atoms with E-state index in [9.17, 15) is 18.0 Å². The number of hydrogen-bond donors (Lipinski definition) is 2. The Bertz CT molecular complexity index is 1300. The molecule has 0 aliphatic heterocycles. The molecule has 0 saturated heterocycles. The van der Waals surface area contributed by atoms with Crippen molar-refractivity contribution in [1.82, 2.24) is 4.72 Å². The molecule has 0 bridgehead atoms. The predicted molar refractivity (Wildman–Crippen MR) is 117 cm³/mol. The van der Waals surface area contributed by atoms with Crippen molar-refractivity contribution in [1.29, 1.82) is 5.26 Å². The molecule has 3 rings (SSSR count). The van der Waals surface area contributed by atoms with Crippen molar-refractivity contribution < 1.29 is 22.7 Å². The zero-order valence-electron chi connectivity index (χ0n) is 17.0. The van der Waals surface area contributed by atoms with Gasteiger partial charge in [-0.25, -0.2) is 17.9 Å². The van der Waals surface area contributed by atoms with Crippen LogP contribution in [0.1, 0.15) is 31.8 Å². The van der Waals surface area contributed by atoms with Crippen molar-refractivity contribution in [2.45, 2.75) is 11.4 Å². The highest BCUT2D eigenvalue weighted by Crippen LogP contribution is 2.18. The number of amides is 1. The Morgan fingerprint density at radius 2 is 1.62 bits per heavy atom. The molecule has 0 aliphatic carbocycles. The van der Waals surface area contributed by atoms with Crippen LogP contribution in [0.2, 0.25) is 0 Å². The molecule has 0 heterocycles. The molecule has 8 nitrogen and oxygen atoms in total. The molecular weight excluding hydrogens is 430 g/mol. The molecule has 2 N–H and O–H groups in total. The quantitative estimate of drug-likeness (QED) is 0.534. The highest BCUT2D eigenvalue weighted by molar-refractivity contribution is 7.89. The molecule has 32 heavy (non-hydrogen) atoms. The molecule has 1 amide bonds. The van der Waals surface area contributed by atoms with E-state index < -0.39 is 21.9 Å². The Morgan fingerprint density at radius 3 is 2.31 bits per heavy atom. The highest BCUT2D eigenvalue weighted by Gasteiger charge is 2.18. The number of esters is 1. The van der Waals surface area contributed by atoms with E-state index in [1.54, 1.807) is 60.7 Å². The summed E-state index contributed by atoms with van der Waals surface area (Å²) >= 11 is 0. The molecule has 0 aliphatic rings. The molecule has 0 spiro atoms. The minimum absolute atomic E-state index is 0.0187. The zero-order valence-corrected chi connectivity index (χ0v) is 17.8. The van der Waals surface area contributed by atoms with Crippen molar-refractivity contribution in [2.24, 2.45) is 0 Å². The average molecular weight is 449 g/mol. The molecule has 0 fully saturated rings. The van der Waals surface area contributed by atoms with Gasteiger partial charge in [0.2, 0.25) is 10.0 Å². The summed E-state index contributed by atoms with van der Waals surface area (Å²) in [6.45, 7) is -0.0187. The normalized spacial score (nSPS) is 10.8. The van der Waals surface area contributed by atoms with Crippen LogP contribution >= 0.6 is 0 Å². The van der Waals surface area contributed by atoms with Gasteiger partial charge in [-0.2, -0.15) is 5.26 Å². The third-order valence-electron chi connectivity index (χ3n) is 4.56. The van der Waals surface area contributed by atoms with Crippen LogP contribution < -0.4 is 10.0 Å². The maximum atomic E-state index is 12.6. The van der Waals surface area contributed by atoms with Crippen molar-refractivity contribution in [3.63, 3.8) is 0 Å². The predicted octanol–water partition coefficient (Wildman–Crippen LogP) is 3.08. The van der Waals surface area contributed by atoms with Crippen LogP contribution in [-0.4, -0.2) is 27.4 Å². The van der Waals surface area contributed by atoms with Gasteiger partial charge in [0.25, 0.3) is 5.91 Å². The number of carbonyl (C=O) groups is 2. The van der Waals surface area contributed by atoms with Crippen LogP contribution in [0.15, 0.2) is 77.7 Å². The van der Waals surface area contributed by atoms with Crippen LogP contribution in [-0.2, 0) is 21.3 Å². The molecule has 3 aromatic rings. The first-order chi connectivity index (χ1) is 15.4. The first-order valence-electron chi connectivity index (χ1n) is 9.42. The van der Waals surface area contributed by atoms with Crippen molar-refractivity contribution >= 4 is 27.6 Å². The summed E-state index contributed by atoms with van der Waals surface area (Å²) in [5.74, 6) is -1.00. The fraction of sp³-hybridized carbons (Fsp3) is 0.0870. The molecule has 0 aromatic heterocycles. The number of hydrogen-bond acceptors (Lipinski definition) is 6. The number of nitriles is 1. The minimum Gasteiger partial charge on any atom is -0.465 e. The Labute approximate surface area is 185 Å². The first kappa shape index (κ1) is 22.7. The fourth-order valence-electron chi connectivity index (χ4n) is 2.90. The van der Waals surface area contributed by atoms with Gasteiger partial charge in [-0.15, -0.1) is 0 Å². The maximum Gasteiger partial charge on any atom is 0.339 e. The van der Waals surface area contributed by atoms with E-state index in [1.165, 1.54) is 19.2 Å². The monoisotopic (exact) mass is 449 g/mol. The van der Waals surface area contributed by atoms with Gasteiger partial charge in [-0.3, -0.25) is 4.79 Å². The second-order valence-corrected chi connectivity index (χ2v) is 8.36. The largest absolute Gasteiger partial charge is 0.465 e. The zero-order chi connectivity index (χ0) is 23.1. The van der Waals surface area contributed by atoms with Gasteiger partial charge < -0.3 is 10.1 Å². The lowest BCUT2D eigenvalue weighted by atomic mass is 10.1. The van der Waals surface area contributed by atoms with Crippen LogP contribution in [0.5, 0.6) is 0 Å². The van der Waals surface area contributed by atoms with Crippen LogP contribution in [0, 0.1) is 11.3 Å². The molecule has 0 unspecified atom stereocenters. The van der Waals surface area contributed by atoms with E-state index in [0.717, 1.165) is 0 Å². The third-order valence-corrected chi connectivity index (χ3v) is 6.02. The third kappa shape index (κ3) is 5.18. The summed E-state index contributed by atoms with van der Waals surface area (Å²) in [6.07, 6.45) is 0. The van der Waals surface area contributed by atoms with E-state index in [1.807, 2.05) is 6.07 Å². The summed E-state index contributed by atoms with van der Waals surface area (Å²) in [5.41, 5.74) is 1.55. The molecule has 0 atom stereocenters.